The Kier molecular flexibility index (Phi) is 3.97. The monoisotopic (exact) mass is 227 g/mol. The Balaban J connectivity index is 2.97. The summed E-state index contributed by atoms with van der Waals surface area (Å²) in [5.41, 5.74) is 0.639. The van der Waals surface area contributed by atoms with Crippen LogP contribution in [0.1, 0.15) is 20.8 Å². The van der Waals surface area contributed by atoms with Crippen LogP contribution < -0.4 is 10.1 Å². The van der Waals surface area contributed by atoms with Crippen molar-refractivity contribution in [3.05, 3.63) is 23.2 Å². The van der Waals surface area contributed by atoms with Gasteiger partial charge in [0.2, 0.25) is 5.91 Å². The summed E-state index contributed by atoms with van der Waals surface area (Å²) >= 11 is 5.84. The van der Waals surface area contributed by atoms with Gasteiger partial charge in [-0.05, 0) is 26.0 Å². The second-order valence-corrected chi connectivity index (χ2v) is 3.92. The molecule has 0 aliphatic heterocycles. The minimum Gasteiger partial charge on any atom is -0.489 e. The highest BCUT2D eigenvalue weighted by Gasteiger charge is 2.07. The first kappa shape index (κ1) is 11.9. The zero-order chi connectivity index (χ0) is 11.4. The summed E-state index contributed by atoms with van der Waals surface area (Å²) in [6.45, 7) is 5.28. The second-order valence-electron chi connectivity index (χ2n) is 3.49. The Labute approximate surface area is 94.4 Å². The van der Waals surface area contributed by atoms with Gasteiger partial charge in [-0.3, -0.25) is 4.79 Å². The summed E-state index contributed by atoms with van der Waals surface area (Å²) in [6, 6.07) is 5.12. The van der Waals surface area contributed by atoms with Crippen molar-refractivity contribution in [3.8, 4) is 5.75 Å². The van der Waals surface area contributed by atoms with Crippen molar-refractivity contribution >= 4 is 23.2 Å². The van der Waals surface area contributed by atoms with E-state index in [4.69, 9.17) is 16.3 Å². The van der Waals surface area contributed by atoms with Crippen molar-refractivity contribution in [1.82, 2.24) is 0 Å². The van der Waals surface area contributed by atoms with E-state index in [1.165, 1.54) is 6.92 Å². The van der Waals surface area contributed by atoms with Gasteiger partial charge in [0, 0.05) is 18.0 Å². The summed E-state index contributed by atoms with van der Waals surface area (Å²) < 4.78 is 5.53. The van der Waals surface area contributed by atoms with Crippen molar-refractivity contribution in [2.24, 2.45) is 0 Å². The maximum atomic E-state index is 10.9. The molecule has 0 fully saturated rings. The molecule has 0 aliphatic carbocycles. The lowest BCUT2D eigenvalue weighted by molar-refractivity contribution is -0.114. The third-order valence-electron chi connectivity index (χ3n) is 1.62. The highest BCUT2D eigenvalue weighted by molar-refractivity contribution is 6.30. The van der Waals surface area contributed by atoms with Gasteiger partial charge in [0.25, 0.3) is 0 Å². The maximum absolute atomic E-state index is 10.9. The first-order valence-electron chi connectivity index (χ1n) is 4.73. The highest BCUT2D eigenvalue weighted by atomic mass is 35.5. The fourth-order valence-electron chi connectivity index (χ4n) is 1.14. The van der Waals surface area contributed by atoms with E-state index >= 15 is 0 Å². The number of carbonyl (C=O) groups is 1. The van der Waals surface area contributed by atoms with Crippen molar-refractivity contribution in [1.29, 1.82) is 0 Å². The van der Waals surface area contributed by atoms with Crippen molar-refractivity contribution < 1.29 is 9.53 Å². The van der Waals surface area contributed by atoms with Gasteiger partial charge in [0.15, 0.2) is 0 Å². The van der Waals surface area contributed by atoms with Crippen LogP contribution in [-0.4, -0.2) is 12.0 Å². The zero-order valence-corrected chi connectivity index (χ0v) is 9.76. The van der Waals surface area contributed by atoms with Crippen LogP contribution in [-0.2, 0) is 4.79 Å². The summed E-state index contributed by atoms with van der Waals surface area (Å²) in [4.78, 5) is 10.9. The number of anilines is 1. The molecular weight excluding hydrogens is 214 g/mol. The lowest BCUT2D eigenvalue weighted by Gasteiger charge is -2.14. The Morgan fingerprint density at radius 1 is 1.47 bits per heavy atom. The van der Waals surface area contributed by atoms with Crippen molar-refractivity contribution in [2.45, 2.75) is 26.9 Å². The first-order valence-corrected chi connectivity index (χ1v) is 5.10. The average Bonchev–Trinajstić information content (AvgIpc) is 2.08. The number of hydrogen-bond acceptors (Lipinski definition) is 2. The van der Waals surface area contributed by atoms with E-state index in [9.17, 15) is 4.79 Å². The number of amides is 1. The molecule has 15 heavy (non-hydrogen) atoms. The topological polar surface area (TPSA) is 38.3 Å². The Hall–Kier alpha value is -1.22. The average molecular weight is 228 g/mol. The fourth-order valence-corrected chi connectivity index (χ4v) is 1.30. The van der Waals surface area contributed by atoms with Gasteiger partial charge in [-0.1, -0.05) is 11.6 Å². The third kappa shape index (κ3) is 3.80. The summed E-state index contributed by atoms with van der Waals surface area (Å²) in [7, 11) is 0. The van der Waals surface area contributed by atoms with E-state index in [2.05, 4.69) is 5.32 Å². The maximum Gasteiger partial charge on any atom is 0.221 e. The smallest absolute Gasteiger partial charge is 0.221 e. The van der Waals surface area contributed by atoms with Crippen LogP contribution in [0, 0.1) is 0 Å². The van der Waals surface area contributed by atoms with E-state index in [0.29, 0.717) is 16.5 Å². The molecule has 3 nitrogen and oxygen atoms in total. The van der Waals surface area contributed by atoms with Crippen LogP contribution in [0.15, 0.2) is 18.2 Å². The van der Waals surface area contributed by atoms with Crippen LogP contribution in [0.25, 0.3) is 0 Å². The van der Waals surface area contributed by atoms with E-state index in [0.717, 1.165) is 0 Å². The van der Waals surface area contributed by atoms with Gasteiger partial charge in [-0.15, -0.1) is 0 Å². The predicted molar refractivity (Wildman–Crippen MR) is 61.5 cm³/mol. The molecule has 0 unspecified atom stereocenters. The predicted octanol–water partition coefficient (Wildman–Crippen LogP) is 3.09. The molecule has 0 saturated carbocycles. The number of rotatable bonds is 3. The van der Waals surface area contributed by atoms with Gasteiger partial charge in [-0.25, -0.2) is 0 Å². The molecule has 0 aliphatic rings. The van der Waals surface area contributed by atoms with Crippen LogP contribution in [0.4, 0.5) is 5.69 Å². The standard InChI is InChI=1S/C11H14ClNO2/c1-7(2)15-11-6-9(12)4-5-10(11)13-8(3)14/h4-7H,1-3H3,(H,13,14). The molecule has 0 atom stereocenters. The minimum atomic E-state index is -0.133. The number of hydrogen-bond donors (Lipinski definition) is 1. The molecule has 0 saturated heterocycles. The van der Waals surface area contributed by atoms with E-state index in [-0.39, 0.29) is 12.0 Å². The van der Waals surface area contributed by atoms with Gasteiger partial charge < -0.3 is 10.1 Å². The van der Waals surface area contributed by atoms with Gasteiger partial charge in [0.1, 0.15) is 5.75 Å². The molecule has 0 aromatic heterocycles. The van der Waals surface area contributed by atoms with Gasteiger partial charge >= 0.3 is 0 Å². The number of benzene rings is 1. The minimum absolute atomic E-state index is 0.0379. The van der Waals surface area contributed by atoms with Crippen LogP contribution in [0.3, 0.4) is 0 Å². The molecule has 1 rings (SSSR count). The van der Waals surface area contributed by atoms with Crippen LogP contribution in [0.5, 0.6) is 5.75 Å². The molecule has 1 amide bonds. The summed E-state index contributed by atoms with van der Waals surface area (Å²) in [5.74, 6) is 0.457. The molecular formula is C11H14ClNO2. The molecule has 1 N–H and O–H groups in total. The molecule has 0 heterocycles. The Morgan fingerprint density at radius 2 is 2.13 bits per heavy atom. The van der Waals surface area contributed by atoms with Crippen molar-refractivity contribution in [2.75, 3.05) is 5.32 Å². The molecule has 0 bridgehead atoms. The Morgan fingerprint density at radius 3 is 2.67 bits per heavy atom. The molecule has 0 spiro atoms. The van der Waals surface area contributed by atoms with E-state index < -0.39 is 0 Å². The number of carbonyl (C=O) groups excluding carboxylic acids is 1. The quantitative estimate of drug-likeness (QED) is 0.862. The molecule has 1 aromatic rings. The number of nitrogens with one attached hydrogen (secondary N) is 1. The number of ether oxygens (including phenoxy) is 1. The third-order valence-corrected chi connectivity index (χ3v) is 1.85. The second kappa shape index (κ2) is 5.03. The Bertz CT molecular complexity index is 364. The largest absolute Gasteiger partial charge is 0.489 e. The highest BCUT2D eigenvalue weighted by Crippen LogP contribution is 2.28. The molecule has 82 valence electrons. The molecule has 0 radical (unpaired) electrons. The number of halogens is 1. The lowest BCUT2D eigenvalue weighted by atomic mass is 10.3. The summed E-state index contributed by atoms with van der Waals surface area (Å²) in [6.07, 6.45) is 0.0379. The molecule has 4 heteroatoms. The normalized spacial score (nSPS) is 10.2. The van der Waals surface area contributed by atoms with Crippen molar-refractivity contribution in [3.63, 3.8) is 0 Å². The lowest BCUT2D eigenvalue weighted by Crippen LogP contribution is -2.11. The van der Waals surface area contributed by atoms with E-state index in [1.54, 1.807) is 18.2 Å². The summed E-state index contributed by atoms with van der Waals surface area (Å²) in [5, 5.41) is 3.27. The SMILES string of the molecule is CC(=O)Nc1ccc(Cl)cc1OC(C)C. The van der Waals surface area contributed by atoms with Crippen LogP contribution >= 0.6 is 11.6 Å². The van der Waals surface area contributed by atoms with Crippen LogP contribution in [0.2, 0.25) is 5.02 Å². The first-order chi connectivity index (χ1) is 6.99. The van der Waals surface area contributed by atoms with Gasteiger partial charge in [-0.2, -0.15) is 0 Å². The van der Waals surface area contributed by atoms with Gasteiger partial charge in [0.05, 0.1) is 11.8 Å². The van der Waals surface area contributed by atoms with E-state index in [1.807, 2.05) is 13.8 Å². The zero-order valence-electron chi connectivity index (χ0n) is 9.00. The fraction of sp³-hybridized carbons (Fsp3) is 0.364. The molecule has 1 aromatic carbocycles.